The van der Waals surface area contributed by atoms with Crippen LogP contribution < -0.4 is 10.6 Å². The lowest BCUT2D eigenvalue weighted by Gasteiger charge is -2.08. The van der Waals surface area contributed by atoms with Crippen LogP contribution >= 0.6 is 0 Å². The van der Waals surface area contributed by atoms with Crippen LogP contribution in [0.1, 0.15) is 15.9 Å². The molecule has 0 unspecified atom stereocenters. The van der Waals surface area contributed by atoms with Crippen molar-refractivity contribution in [1.29, 1.82) is 0 Å². The Morgan fingerprint density at radius 1 is 1.26 bits per heavy atom. The molecule has 0 aliphatic rings. The zero-order valence-corrected chi connectivity index (χ0v) is 10.7. The molecule has 0 aliphatic heterocycles. The Balaban J connectivity index is 2.16. The fraction of sp³-hybridized carbons (Fsp3) is 0.143. The lowest BCUT2D eigenvalue weighted by Crippen LogP contribution is -2.13. The van der Waals surface area contributed by atoms with Gasteiger partial charge in [0, 0.05) is 18.3 Å². The van der Waals surface area contributed by atoms with Crippen molar-refractivity contribution in [3.63, 3.8) is 0 Å². The molecule has 4 nitrogen and oxygen atoms in total. The molecule has 0 bridgehead atoms. The van der Waals surface area contributed by atoms with E-state index in [1.807, 2.05) is 20.0 Å². The topological polar surface area (TPSA) is 54.0 Å². The summed E-state index contributed by atoms with van der Waals surface area (Å²) < 4.78 is 12.7. The van der Waals surface area contributed by atoms with E-state index in [-0.39, 0.29) is 5.91 Å². The van der Waals surface area contributed by atoms with Gasteiger partial charge in [-0.2, -0.15) is 0 Å². The second-order valence-corrected chi connectivity index (χ2v) is 4.10. The van der Waals surface area contributed by atoms with Gasteiger partial charge in [-0.1, -0.05) is 0 Å². The highest BCUT2D eigenvalue weighted by molar-refractivity contribution is 6.04. The molecular formula is C14H14FN3O. The molecule has 1 amide bonds. The molecule has 5 heteroatoms. The minimum Gasteiger partial charge on any atom is -0.388 e. The lowest BCUT2D eigenvalue weighted by molar-refractivity contribution is 0.102. The molecule has 1 heterocycles. The molecule has 2 aromatic rings. The number of rotatable bonds is 3. The van der Waals surface area contributed by atoms with Crippen molar-refractivity contribution in [1.82, 2.24) is 4.98 Å². The first-order valence-corrected chi connectivity index (χ1v) is 5.81. The van der Waals surface area contributed by atoms with Crippen LogP contribution in [0.3, 0.4) is 0 Å². The number of amides is 1. The normalized spacial score (nSPS) is 10.1. The van der Waals surface area contributed by atoms with E-state index >= 15 is 0 Å². The third kappa shape index (κ3) is 3.07. The van der Waals surface area contributed by atoms with Gasteiger partial charge in [0.05, 0.1) is 6.20 Å². The van der Waals surface area contributed by atoms with Crippen molar-refractivity contribution < 1.29 is 9.18 Å². The number of nitrogens with one attached hydrogen (secondary N) is 2. The molecule has 2 rings (SSSR count). The Bertz CT molecular complexity index is 596. The number of carbonyl (C=O) groups excluding carboxylic acids is 1. The van der Waals surface area contributed by atoms with Crippen molar-refractivity contribution in [3.05, 3.63) is 53.5 Å². The maximum atomic E-state index is 12.7. The zero-order valence-electron chi connectivity index (χ0n) is 10.7. The average Bonchev–Trinajstić information content (AvgIpc) is 2.41. The van der Waals surface area contributed by atoms with Gasteiger partial charge in [-0.05, 0) is 42.8 Å². The summed E-state index contributed by atoms with van der Waals surface area (Å²) >= 11 is 0. The van der Waals surface area contributed by atoms with Gasteiger partial charge in [-0.25, -0.2) is 9.37 Å². The van der Waals surface area contributed by atoms with Crippen LogP contribution in [0, 0.1) is 12.7 Å². The number of hydrogen-bond acceptors (Lipinski definition) is 3. The van der Waals surface area contributed by atoms with Crippen LogP contribution in [-0.2, 0) is 0 Å². The van der Waals surface area contributed by atoms with E-state index in [2.05, 4.69) is 15.6 Å². The molecule has 0 saturated carbocycles. The smallest absolute Gasteiger partial charge is 0.256 e. The second-order valence-electron chi connectivity index (χ2n) is 4.10. The van der Waals surface area contributed by atoms with Gasteiger partial charge in [0.15, 0.2) is 0 Å². The highest BCUT2D eigenvalue weighted by atomic mass is 19.1. The molecule has 0 radical (unpaired) electrons. The highest BCUT2D eigenvalue weighted by Crippen LogP contribution is 2.16. The predicted octanol–water partition coefficient (Wildman–Crippen LogP) is 2.82. The van der Waals surface area contributed by atoms with Gasteiger partial charge in [0.25, 0.3) is 5.91 Å². The Kier molecular flexibility index (Phi) is 3.75. The lowest BCUT2D eigenvalue weighted by atomic mass is 10.1. The fourth-order valence-corrected chi connectivity index (χ4v) is 1.72. The molecule has 1 aromatic heterocycles. The number of benzene rings is 1. The summed E-state index contributed by atoms with van der Waals surface area (Å²) in [6, 6.07) is 8.00. The first-order valence-electron chi connectivity index (χ1n) is 5.81. The number of nitrogens with zero attached hydrogens (tertiary/aromatic N) is 1. The number of aromatic nitrogens is 1. The second kappa shape index (κ2) is 5.48. The van der Waals surface area contributed by atoms with E-state index in [1.54, 1.807) is 12.1 Å². The molecule has 0 spiro atoms. The Hall–Kier alpha value is -2.43. The summed E-state index contributed by atoms with van der Waals surface area (Å²) in [5.74, 6) is -0.390. The number of anilines is 2. The Morgan fingerprint density at radius 3 is 2.63 bits per heavy atom. The largest absolute Gasteiger partial charge is 0.388 e. The number of carbonyl (C=O) groups is 1. The molecular weight excluding hydrogens is 245 g/mol. The average molecular weight is 259 g/mol. The molecule has 0 fully saturated rings. The molecule has 0 aliphatic carbocycles. The molecule has 19 heavy (non-hydrogen) atoms. The van der Waals surface area contributed by atoms with Crippen molar-refractivity contribution in [3.8, 4) is 0 Å². The molecule has 0 atom stereocenters. The third-order valence-electron chi connectivity index (χ3n) is 2.73. The van der Waals surface area contributed by atoms with E-state index in [0.29, 0.717) is 11.4 Å². The minimum atomic E-state index is -0.438. The van der Waals surface area contributed by atoms with Crippen LogP contribution in [0.4, 0.5) is 15.9 Å². The van der Waals surface area contributed by atoms with Crippen LogP contribution in [0.25, 0.3) is 0 Å². The number of halogens is 1. The minimum absolute atomic E-state index is 0.273. The highest BCUT2D eigenvalue weighted by Gasteiger charge is 2.08. The summed E-state index contributed by atoms with van der Waals surface area (Å²) in [5.41, 5.74) is 2.47. The van der Waals surface area contributed by atoms with Gasteiger partial charge in [0.1, 0.15) is 11.6 Å². The van der Waals surface area contributed by atoms with Gasteiger partial charge < -0.3 is 10.6 Å². The standard InChI is InChI=1S/C14H14FN3O/c1-9-7-10(3-5-12(9)16-2)14(19)18-13-6-4-11(15)8-17-13/h3-8,16H,1-2H3,(H,17,18,19). The van der Waals surface area contributed by atoms with Crippen LogP contribution in [0.5, 0.6) is 0 Å². The maximum Gasteiger partial charge on any atom is 0.256 e. The van der Waals surface area contributed by atoms with E-state index in [1.165, 1.54) is 12.1 Å². The molecule has 0 saturated heterocycles. The third-order valence-corrected chi connectivity index (χ3v) is 2.73. The van der Waals surface area contributed by atoms with Gasteiger partial charge in [0.2, 0.25) is 0 Å². The van der Waals surface area contributed by atoms with Gasteiger partial charge in [-0.15, -0.1) is 0 Å². The van der Waals surface area contributed by atoms with Crippen LogP contribution in [0.15, 0.2) is 36.5 Å². The maximum absolute atomic E-state index is 12.7. The monoisotopic (exact) mass is 259 g/mol. The van der Waals surface area contributed by atoms with E-state index < -0.39 is 5.82 Å². The zero-order chi connectivity index (χ0) is 13.8. The fourth-order valence-electron chi connectivity index (χ4n) is 1.72. The summed E-state index contributed by atoms with van der Waals surface area (Å²) in [6.07, 6.45) is 1.06. The van der Waals surface area contributed by atoms with Crippen molar-refractivity contribution in [2.24, 2.45) is 0 Å². The number of pyridine rings is 1. The van der Waals surface area contributed by atoms with E-state index in [9.17, 15) is 9.18 Å². The first-order chi connectivity index (χ1) is 9.10. The Labute approximate surface area is 110 Å². The number of hydrogen-bond donors (Lipinski definition) is 2. The summed E-state index contributed by atoms with van der Waals surface area (Å²) in [4.78, 5) is 15.8. The number of aryl methyl sites for hydroxylation is 1. The summed E-state index contributed by atoms with van der Waals surface area (Å²) in [5, 5.41) is 5.64. The molecule has 98 valence electrons. The SMILES string of the molecule is CNc1ccc(C(=O)Nc2ccc(F)cn2)cc1C. The van der Waals surface area contributed by atoms with Gasteiger partial charge in [-0.3, -0.25) is 4.79 Å². The Morgan fingerprint density at radius 2 is 2.05 bits per heavy atom. The van der Waals surface area contributed by atoms with Crippen molar-refractivity contribution in [2.45, 2.75) is 6.92 Å². The molecule has 1 aromatic carbocycles. The predicted molar refractivity (Wildman–Crippen MR) is 72.9 cm³/mol. The van der Waals surface area contributed by atoms with Crippen LogP contribution in [0.2, 0.25) is 0 Å². The van der Waals surface area contributed by atoms with E-state index in [4.69, 9.17) is 0 Å². The van der Waals surface area contributed by atoms with E-state index in [0.717, 1.165) is 17.4 Å². The quantitative estimate of drug-likeness (QED) is 0.891. The van der Waals surface area contributed by atoms with Gasteiger partial charge >= 0.3 is 0 Å². The van der Waals surface area contributed by atoms with Crippen molar-refractivity contribution in [2.75, 3.05) is 17.7 Å². The summed E-state index contributed by atoms with van der Waals surface area (Å²) in [6.45, 7) is 1.92. The van der Waals surface area contributed by atoms with Crippen molar-refractivity contribution >= 4 is 17.4 Å². The van der Waals surface area contributed by atoms with Crippen LogP contribution in [-0.4, -0.2) is 17.9 Å². The summed E-state index contributed by atoms with van der Waals surface area (Å²) in [7, 11) is 1.82. The first kappa shape index (κ1) is 13.0. The molecule has 2 N–H and O–H groups in total.